The van der Waals surface area contributed by atoms with Gasteiger partial charge in [-0.25, -0.2) is 0 Å². The molecule has 0 radical (unpaired) electrons. The van der Waals surface area contributed by atoms with E-state index < -0.39 is 0 Å². The molecule has 4 rings (SSSR count). The second-order valence-corrected chi connectivity index (χ2v) is 6.90. The fourth-order valence-electron chi connectivity index (χ4n) is 3.39. The topological polar surface area (TPSA) is 66.9 Å². The Balaban J connectivity index is 1.54. The van der Waals surface area contributed by atoms with Crippen LogP contribution in [-0.4, -0.2) is 27.9 Å². The van der Waals surface area contributed by atoms with Crippen LogP contribution in [0.1, 0.15) is 27.6 Å². The first-order valence-corrected chi connectivity index (χ1v) is 9.07. The predicted molar refractivity (Wildman–Crippen MR) is 108 cm³/mol. The average molecular weight is 380 g/mol. The Hall–Kier alpha value is -3.05. The number of para-hydroxylation sites is 1. The summed E-state index contributed by atoms with van der Waals surface area (Å²) in [5.74, 6) is -0.373. The van der Waals surface area contributed by atoms with Gasteiger partial charge in [-0.1, -0.05) is 35.9 Å². The summed E-state index contributed by atoms with van der Waals surface area (Å²) in [5, 5.41) is 5.34. The Morgan fingerprint density at radius 3 is 2.78 bits per heavy atom. The molecule has 2 N–H and O–H groups in total. The lowest BCUT2D eigenvalue weighted by atomic mass is 10.1. The molecule has 2 aromatic carbocycles. The summed E-state index contributed by atoms with van der Waals surface area (Å²) in [6.45, 7) is 1.96. The van der Waals surface area contributed by atoms with Gasteiger partial charge >= 0.3 is 0 Å². The number of aromatic nitrogens is 2. The van der Waals surface area contributed by atoms with Crippen molar-refractivity contribution < 1.29 is 9.59 Å². The van der Waals surface area contributed by atoms with E-state index in [2.05, 4.69) is 16.4 Å². The fraction of sp³-hybridized carbons (Fsp3) is 0.143. The van der Waals surface area contributed by atoms with Gasteiger partial charge in [0, 0.05) is 47.2 Å². The van der Waals surface area contributed by atoms with Crippen molar-refractivity contribution in [1.29, 1.82) is 0 Å². The number of fused-ring (bicyclic) bond motifs is 2. The zero-order valence-corrected chi connectivity index (χ0v) is 15.5. The smallest absolute Gasteiger partial charge is 0.253 e. The molecule has 0 spiro atoms. The first kappa shape index (κ1) is 17.4. The molecular formula is C21H18ClN3O2. The molecule has 0 saturated heterocycles. The summed E-state index contributed by atoms with van der Waals surface area (Å²) >= 11 is 6.04. The third kappa shape index (κ3) is 3.22. The Morgan fingerprint density at radius 1 is 1.15 bits per heavy atom. The summed E-state index contributed by atoms with van der Waals surface area (Å²) < 4.78 is 1.45. The van der Waals surface area contributed by atoms with Crippen LogP contribution in [0.15, 0.2) is 54.9 Å². The quantitative estimate of drug-likeness (QED) is 0.551. The Morgan fingerprint density at radius 2 is 1.96 bits per heavy atom. The number of hydrogen-bond acceptors (Lipinski definition) is 2. The van der Waals surface area contributed by atoms with Gasteiger partial charge in [0.15, 0.2) is 0 Å². The number of H-pyrrole nitrogens is 1. The molecule has 0 aliphatic carbocycles. The van der Waals surface area contributed by atoms with Gasteiger partial charge in [0.2, 0.25) is 5.91 Å². The van der Waals surface area contributed by atoms with E-state index in [1.807, 2.05) is 24.4 Å². The lowest BCUT2D eigenvalue weighted by molar-refractivity contribution is 0.0941. The summed E-state index contributed by atoms with van der Waals surface area (Å²) in [4.78, 5) is 27.8. The van der Waals surface area contributed by atoms with E-state index in [0.717, 1.165) is 16.5 Å². The molecule has 0 atom stereocenters. The van der Waals surface area contributed by atoms with Crippen LogP contribution in [0, 0.1) is 0 Å². The van der Waals surface area contributed by atoms with Crippen LogP contribution in [0.25, 0.3) is 21.8 Å². The molecule has 136 valence electrons. The van der Waals surface area contributed by atoms with Crippen molar-refractivity contribution in [2.45, 2.75) is 13.3 Å². The van der Waals surface area contributed by atoms with Crippen LogP contribution in [-0.2, 0) is 6.42 Å². The highest BCUT2D eigenvalue weighted by Crippen LogP contribution is 2.25. The minimum Gasteiger partial charge on any atom is -0.361 e. The molecular weight excluding hydrogens is 362 g/mol. The molecule has 0 aliphatic heterocycles. The molecule has 0 bridgehead atoms. The highest BCUT2D eigenvalue weighted by Gasteiger charge is 2.17. The van der Waals surface area contributed by atoms with Gasteiger partial charge in [0.05, 0.1) is 11.1 Å². The second kappa shape index (κ2) is 6.93. The van der Waals surface area contributed by atoms with E-state index in [0.29, 0.717) is 34.5 Å². The second-order valence-electron chi connectivity index (χ2n) is 6.46. The maximum atomic E-state index is 12.7. The maximum absolute atomic E-state index is 12.7. The molecule has 27 heavy (non-hydrogen) atoms. The summed E-state index contributed by atoms with van der Waals surface area (Å²) in [7, 11) is 0. The maximum Gasteiger partial charge on any atom is 0.253 e. The first-order chi connectivity index (χ1) is 13.0. The number of carbonyl (C=O) groups is 2. The number of nitrogens with zero attached hydrogens (tertiary/aromatic N) is 1. The number of benzene rings is 2. The standard InChI is InChI=1S/C21H18ClN3O2/c1-13(26)25-12-18(17-7-6-15(22)10-20(17)25)21(27)23-9-8-14-11-24-19-5-3-2-4-16(14)19/h2-7,10-12,24H,8-9H2,1H3,(H,23,27). The minimum absolute atomic E-state index is 0.167. The van der Waals surface area contributed by atoms with E-state index in [-0.39, 0.29) is 11.8 Å². The lowest BCUT2D eigenvalue weighted by Crippen LogP contribution is -2.25. The molecule has 2 heterocycles. The zero-order valence-electron chi connectivity index (χ0n) is 14.8. The minimum atomic E-state index is -0.206. The van der Waals surface area contributed by atoms with Crippen molar-refractivity contribution in [2.24, 2.45) is 0 Å². The number of aromatic amines is 1. The molecule has 5 nitrogen and oxygen atoms in total. The van der Waals surface area contributed by atoms with Crippen LogP contribution in [0.3, 0.4) is 0 Å². The van der Waals surface area contributed by atoms with E-state index in [1.165, 1.54) is 11.5 Å². The zero-order chi connectivity index (χ0) is 19.0. The SMILES string of the molecule is CC(=O)n1cc(C(=O)NCCc2c[nH]c3ccccc23)c2ccc(Cl)cc21. The average Bonchev–Trinajstić information content (AvgIpc) is 3.23. The van der Waals surface area contributed by atoms with E-state index in [1.54, 1.807) is 24.4 Å². The molecule has 0 saturated carbocycles. The Bertz CT molecular complexity index is 1170. The third-order valence-electron chi connectivity index (χ3n) is 4.71. The monoisotopic (exact) mass is 379 g/mol. The number of halogens is 1. The highest BCUT2D eigenvalue weighted by molar-refractivity contribution is 6.31. The molecule has 1 amide bonds. The van der Waals surface area contributed by atoms with Crippen LogP contribution in [0.4, 0.5) is 0 Å². The van der Waals surface area contributed by atoms with Gasteiger partial charge in [-0.2, -0.15) is 0 Å². The van der Waals surface area contributed by atoms with Crippen molar-refractivity contribution in [3.63, 3.8) is 0 Å². The van der Waals surface area contributed by atoms with E-state index >= 15 is 0 Å². The summed E-state index contributed by atoms with van der Waals surface area (Å²) in [5.41, 5.74) is 3.34. The van der Waals surface area contributed by atoms with Crippen molar-refractivity contribution in [2.75, 3.05) is 6.54 Å². The van der Waals surface area contributed by atoms with Crippen molar-refractivity contribution in [3.05, 3.63) is 71.0 Å². The number of nitrogens with one attached hydrogen (secondary N) is 2. The van der Waals surface area contributed by atoms with Gasteiger partial charge in [-0.05, 0) is 30.2 Å². The lowest BCUT2D eigenvalue weighted by Gasteiger charge is -2.04. The summed E-state index contributed by atoms with van der Waals surface area (Å²) in [6.07, 6.45) is 4.26. The number of rotatable bonds is 4. The molecule has 6 heteroatoms. The van der Waals surface area contributed by atoms with Crippen molar-refractivity contribution >= 4 is 45.2 Å². The van der Waals surface area contributed by atoms with Crippen molar-refractivity contribution in [3.8, 4) is 0 Å². The highest BCUT2D eigenvalue weighted by atomic mass is 35.5. The van der Waals surface area contributed by atoms with Crippen LogP contribution in [0.5, 0.6) is 0 Å². The molecule has 0 unspecified atom stereocenters. The van der Waals surface area contributed by atoms with Crippen LogP contribution < -0.4 is 5.32 Å². The van der Waals surface area contributed by atoms with E-state index in [9.17, 15) is 9.59 Å². The number of carbonyl (C=O) groups excluding carboxylic acids is 2. The third-order valence-corrected chi connectivity index (χ3v) is 4.94. The fourth-order valence-corrected chi connectivity index (χ4v) is 3.55. The van der Waals surface area contributed by atoms with Gasteiger partial charge in [-0.15, -0.1) is 0 Å². The summed E-state index contributed by atoms with van der Waals surface area (Å²) in [6, 6.07) is 13.3. The van der Waals surface area contributed by atoms with E-state index in [4.69, 9.17) is 11.6 Å². The number of amides is 1. The van der Waals surface area contributed by atoms with Gasteiger partial charge < -0.3 is 10.3 Å². The molecule has 0 aliphatic rings. The normalized spacial score (nSPS) is 11.2. The largest absolute Gasteiger partial charge is 0.361 e. The van der Waals surface area contributed by atoms with Gasteiger partial charge in [0.1, 0.15) is 0 Å². The number of hydrogen-bond donors (Lipinski definition) is 2. The predicted octanol–water partition coefficient (Wildman–Crippen LogP) is 4.41. The molecule has 4 aromatic rings. The van der Waals surface area contributed by atoms with Crippen molar-refractivity contribution in [1.82, 2.24) is 14.9 Å². The Labute approximate surface area is 160 Å². The molecule has 0 fully saturated rings. The Kier molecular flexibility index (Phi) is 4.46. The molecule has 2 aromatic heterocycles. The van der Waals surface area contributed by atoms with Crippen LogP contribution >= 0.6 is 11.6 Å². The van der Waals surface area contributed by atoms with Gasteiger partial charge in [0.25, 0.3) is 5.91 Å². The van der Waals surface area contributed by atoms with Gasteiger partial charge in [-0.3, -0.25) is 14.2 Å². The first-order valence-electron chi connectivity index (χ1n) is 8.69. The van der Waals surface area contributed by atoms with Crippen LogP contribution in [0.2, 0.25) is 5.02 Å².